The molecule has 1 heterocycles. The monoisotopic (exact) mass is 271 g/mol. The van der Waals surface area contributed by atoms with Gasteiger partial charge in [0.1, 0.15) is 0 Å². The first-order valence-corrected chi connectivity index (χ1v) is 6.47. The van der Waals surface area contributed by atoms with Gasteiger partial charge in [-0.2, -0.15) is 5.10 Å². The van der Waals surface area contributed by atoms with Gasteiger partial charge in [-0.15, -0.1) is 6.58 Å². The fourth-order valence-electron chi connectivity index (χ4n) is 1.97. The van der Waals surface area contributed by atoms with Crippen molar-refractivity contribution in [3.63, 3.8) is 0 Å². The molecule has 2 aromatic rings. The molecule has 0 fully saturated rings. The molecular formula is C15H17N3O2. The Bertz CT molecular complexity index is 717. The first kappa shape index (κ1) is 14.0. The predicted molar refractivity (Wildman–Crippen MR) is 78.9 cm³/mol. The SMILES string of the molecule is C=CCNC(=O)c1nn(C(C)C)c(=O)c2ccccc12. The van der Waals surface area contributed by atoms with Gasteiger partial charge in [-0.25, -0.2) is 4.68 Å². The minimum Gasteiger partial charge on any atom is -0.347 e. The molecule has 20 heavy (non-hydrogen) atoms. The smallest absolute Gasteiger partial charge is 0.274 e. The van der Waals surface area contributed by atoms with Gasteiger partial charge in [0.15, 0.2) is 5.69 Å². The van der Waals surface area contributed by atoms with Crippen molar-refractivity contribution in [1.82, 2.24) is 15.1 Å². The number of hydrogen-bond donors (Lipinski definition) is 1. The zero-order valence-corrected chi connectivity index (χ0v) is 11.6. The highest BCUT2D eigenvalue weighted by atomic mass is 16.2. The number of carbonyl (C=O) groups is 1. The highest BCUT2D eigenvalue weighted by Crippen LogP contribution is 2.14. The number of amides is 1. The lowest BCUT2D eigenvalue weighted by Gasteiger charge is -2.13. The number of hydrogen-bond acceptors (Lipinski definition) is 3. The molecule has 0 saturated heterocycles. The molecule has 1 N–H and O–H groups in total. The summed E-state index contributed by atoms with van der Waals surface area (Å²) in [5.41, 5.74) is 0.0756. The van der Waals surface area contributed by atoms with Gasteiger partial charge in [-0.1, -0.05) is 24.3 Å². The van der Waals surface area contributed by atoms with Crippen LogP contribution in [0.15, 0.2) is 41.7 Å². The highest BCUT2D eigenvalue weighted by Gasteiger charge is 2.16. The molecule has 0 saturated carbocycles. The molecule has 0 atom stereocenters. The summed E-state index contributed by atoms with van der Waals surface area (Å²) in [4.78, 5) is 24.5. The average molecular weight is 271 g/mol. The van der Waals surface area contributed by atoms with Crippen molar-refractivity contribution in [3.8, 4) is 0 Å². The third-order valence-electron chi connectivity index (χ3n) is 2.94. The van der Waals surface area contributed by atoms with Crippen LogP contribution in [0.2, 0.25) is 0 Å². The Balaban J connectivity index is 2.69. The van der Waals surface area contributed by atoms with Crippen LogP contribution in [0.25, 0.3) is 10.8 Å². The Kier molecular flexibility index (Phi) is 3.98. The van der Waals surface area contributed by atoms with Crippen LogP contribution < -0.4 is 10.9 Å². The molecule has 0 unspecified atom stereocenters. The molecule has 0 radical (unpaired) electrons. The summed E-state index contributed by atoms with van der Waals surface area (Å²) in [6, 6.07) is 6.89. The molecule has 0 spiro atoms. The number of rotatable bonds is 4. The second kappa shape index (κ2) is 5.69. The molecule has 1 aromatic heterocycles. The van der Waals surface area contributed by atoms with Crippen LogP contribution >= 0.6 is 0 Å². The van der Waals surface area contributed by atoms with Crippen molar-refractivity contribution in [3.05, 3.63) is 53.0 Å². The maximum Gasteiger partial charge on any atom is 0.274 e. The molecule has 1 aromatic carbocycles. The van der Waals surface area contributed by atoms with Gasteiger partial charge < -0.3 is 5.32 Å². The van der Waals surface area contributed by atoms with E-state index < -0.39 is 0 Å². The highest BCUT2D eigenvalue weighted by molar-refractivity contribution is 6.04. The summed E-state index contributed by atoms with van der Waals surface area (Å²) < 4.78 is 1.34. The van der Waals surface area contributed by atoms with E-state index in [-0.39, 0.29) is 23.2 Å². The number of nitrogens with zero attached hydrogens (tertiary/aromatic N) is 2. The zero-order valence-electron chi connectivity index (χ0n) is 11.6. The van der Waals surface area contributed by atoms with E-state index in [9.17, 15) is 9.59 Å². The molecule has 5 nitrogen and oxygen atoms in total. The van der Waals surface area contributed by atoms with E-state index in [1.165, 1.54) is 4.68 Å². The minimum absolute atomic E-state index is 0.113. The van der Waals surface area contributed by atoms with E-state index in [0.717, 1.165) is 0 Å². The molecule has 5 heteroatoms. The molecule has 0 aliphatic rings. The summed E-state index contributed by atoms with van der Waals surface area (Å²) in [6.45, 7) is 7.63. The Hall–Kier alpha value is -2.43. The van der Waals surface area contributed by atoms with Crippen molar-refractivity contribution in [2.75, 3.05) is 6.54 Å². The Morgan fingerprint density at radius 1 is 1.40 bits per heavy atom. The lowest BCUT2D eigenvalue weighted by atomic mass is 10.1. The Morgan fingerprint density at radius 2 is 2.05 bits per heavy atom. The van der Waals surface area contributed by atoms with Crippen LogP contribution in [0, 0.1) is 0 Å². The van der Waals surface area contributed by atoms with Crippen LogP contribution in [0.4, 0.5) is 0 Å². The van der Waals surface area contributed by atoms with Crippen LogP contribution in [-0.2, 0) is 0 Å². The van der Waals surface area contributed by atoms with Crippen molar-refractivity contribution in [2.24, 2.45) is 0 Å². The normalized spacial score (nSPS) is 10.8. The van der Waals surface area contributed by atoms with Gasteiger partial charge in [0, 0.05) is 11.9 Å². The summed E-state index contributed by atoms with van der Waals surface area (Å²) in [7, 11) is 0. The Morgan fingerprint density at radius 3 is 2.65 bits per heavy atom. The van der Waals surface area contributed by atoms with E-state index in [1.54, 1.807) is 30.3 Å². The van der Waals surface area contributed by atoms with Crippen molar-refractivity contribution in [2.45, 2.75) is 19.9 Å². The molecule has 1 amide bonds. The van der Waals surface area contributed by atoms with Crippen molar-refractivity contribution < 1.29 is 4.79 Å². The fraction of sp³-hybridized carbons (Fsp3) is 0.267. The number of fused-ring (bicyclic) bond motifs is 1. The van der Waals surface area contributed by atoms with Crippen LogP contribution in [0.3, 0.4) is 0 Å². The van der Waals surface area contributed by atoms with E-state index in [1.807, 2.05) is 13.8 Å². The predicted octanol–water partition coefficient (Wildman–Crippen LogP) is 1.89. The summed E-state index contributed by atoms with van der Waals surface area (Å²) in [5, 5.41) is 7.97. The zero-order chi connectivity index (χ0) is 14.7. The first-order valence-electron chi connectivity index (χ1n) is 6.47. The summed E-state index contributed by atoms with van der Waals surface area (Å²) in [5.74, 6) is -0.310. The number of benzene rings is 1. The van der Waals surface area contributed by atoms with Crippen molar-refractivity contribution >= 4 is 16.7 Å². The van der Waals surface area contributed by atoms with Gasteiger partial charge in [-0.05, 0) is 19.9 Å². The topological polar surface area (TPSA) is 64.0 Å². The lowest BCUT2D eigenvalue weighted by molar-refractivity contribution is 0.0952. The van der Waals surface area contributed by atoms with E-state index >= 15 is 0 Å². The lowest BCUT2D eigenvalue weighted by Crippen LogP contribution is -2.31. The van der Waals surface area contributed by atoms with Crippen LogP contribution in [-0.4, -0.2) is 22.2 Å². The summed E-state index contributed by atoms with van der Waals surface area (Å²) >= 11 is 0. The van der Waals surface area contributed by atoms with Crippen LogP contribution in [0.5, 0.6) is 0 Å². The molecule has 2 rings (SSSR count). The van der Waals surface area contributed by atoms with Gasteiger partial charge >= 0.3 is 0 Å². The second-order valence-corrected chi connectivity index (χ2v) is 4.74. The number of nitrogens with one attached hydrogen (secondary N) is 1. The largest absolute Gasteiger partial charge is 0.347 e. The standard InChI is InChI=1S/C15H17N3O2/c1-4-9-16-14(19)13-11-7-5-6-8-12(11)15(20)18(17-13)10(2)3/h4-8,10H,1,9H2,2-3H3,(H,16,19). The molecular weight excluding hydrogens is 254 g/mol. The van der Waals surface area contributed by atoms with Crippen molar-refractivity contribution in [1.29, 1.82) is 0 Å². The Labute approximate surface area is 116 Å². The van der Waals surface area contributed by atoms with E-state index in [2.05, 4.69) is 17.0 Å². The third kappa shape index (κ3) is 2.47. The minimum atomic E-state index is -0.310. The quantitative estimate of drug-likeness (QED) is 0.864. The summed E-state index contributed by atoms with van der Waals surface area (Å²) in [6.07, 6.45) is 1.60. The fourth-order valence-corrected chi connectivity index (χ4v) is 1.97. The second-order valence-electron chi connectivity index (χ2n) is 4.74. The first-order chi connectivity index (χ1) is 9.56. The number of aromatic nitrogens is 2. The molecule has 0 bridgehead atoms. The van der Waals surface area contributed by atoms with Gasteiger partial charge in [0.05, 0.1) is 11.4 Å². The maximum absolute atomic E-state index is 12.3. The maximum atomic E-state index is 12.3. The molecule has 104 valence electrons. The third-order valence-corrected chi connectivity index (χ3v) is 2.94. The van der Waals surface area contributed by atoms with Gasteiger partial charge in [0.25, 0.3) is 11.5 Å². The average Bonchev–Trinajstić information content (AvgIpc) is 2.45. The molecule has 0 aliphatic carbocycles. The van der Waals surface area contributed by atoms with Gasteiger partial charge in [-0.3, -0.25) is 9.59 Å². The van der Waals surface area contributed by atoms with E-state index in [4.69, 9.17) is 0 Å². The van der Waals surface area contributed by atoms with E-state index in [0.29, 0.717) is 17.3 Å². The van der Waals surface area contributed by atoms with Crippen LogP contribution in [0.1, 0.15) is 30.4 Å². The number of carbonyl (C=O) groups excluding carboxylic acids is 1. The van der Waals surface area contributed by atoms with Gasteiger partial charge in [0.2, 0.25) is 0 Å². The molecule has 0 aliphatic heterocycles.